The molecule has 2 aromatic rings. The van der Waals surface area contributed by atoms with E-state index in [4.69, 9.17) is 4.52 Å². The van der Waals surface area contributed by atoms with Crippen molar-refractivity contribution in [3.8, 4) is 0 Å². The van der Waals surface area contributed by atoms with E-state index in [1.807, 2.05) is 4.90 Å². The second kappa shape index (κ2) is 6.84. The molecule has 1 saturated heterocycles. The van der Waals surface area contributed by atoms with Crippen molar-refractivity contribution in [2.75, 3.05) is 13.1 Å². The van der Waals surface area contributed by atoms with Gasteiger partial charge in [-0.1, -0.05) is 19.0 Å². The lowest BCUT2D eigenvalue weighted by Crippen LogP contribution is -2.41. The first-order valence-electron chi connectivity index (χ1n) is 7.93. The minimum atomic E-state index is 0.00363. The molecule has 0 bridgehead atoms. The van der Waals surface area contributed by atoms with Gasteiger partial charge in [-0.3, -0.25) is 4.79 Å². The first-order chi connectivity index (χ1) is 11.1. The summed E-state index contributed by atoms with van der Waals surface area (Å²) in [6, 6.07) is 0. The summed E-state index contributed by atoms with van der Waals surface area (Å²) < 4.78 is 6.83. The van der Waals surface area contributed by atoms with Crippen LogP contribution in [0, 0.1) is 5.92 Å². The predicted molar refractivity (Wildman–Crippen MR) is 79.2 cm³/mol. The van der Waals surface area contributed by atoms with Gasteiger partial charge in [-0.25, -0.2) is 4.68 Å². The van der Waals surface area contributed by atoms with Crippen LogP contribution in [0.3, 0.4) is 0 Å². The monoisotopic (exact) mass is 319 g/mol. The average molecular weight is 319 g/mol. The van der Waals surface area contributed by atoms with Crippen molar-refractivity contribution in [3.05, 3.63) is 18.0 Å². The molecule has 2 aromatic heterocycles. The molecule has 1 fully saturated rings. The topological polar surface area (TPSA) is 103 Å². The van der Waals surface area contributed by atoms with Crippen molar-refractivity contribution in [1.29, 1.82) is 0 Å². The molecule has 0 aromatic carbocycles. The highest BCUT2D eigenvalue weighted by atomic mass is 16.5. The quantitative estimate of drug-likeness (QED) is 0.797. The van der Waals surface area contributed by atoms with Gasteiger partial charge in [-0.05, 0) is 29.2 Å². The van der Waals surface area contributed by atoms with Crippen LogP contribution in [-0.2, 0) is 17.8 Å². The third-order valence-electron chi connectivity index (χ3n) is 3.89. The van der Waals surface area contributed by atoms with Gasteiger partial charge in [0, 0.05) is 19.5 Å². The summed E-state index contributed by atoms with van der Waals surface area (Å²) in [7, 11) is 0. The van der Waals surface area contributed by atoms with E-state index in [1.54, 1.807) is 0 Å². The molecule has 3 heterocycles. The van der Waals surface area contributed by atoms with Crippen LogP contribution in [0.2, 0.25) is 0 Å². The summed E-state index contributed by atoms with van der Waals surface area (Å²) in [6.45, 7) is 5.74. The predicted octanol–water partition coefficient (Wildman–Crippen LogP) is 0.661. The van der Waals surface area contributed by atoms with Gasteiger partial charge in [0.1, 0.15) is 12.9 Å². The van der Waals surface area contributed by atoms with Gasteiger partial charge in [0.25, 0.3) is 0 Å². The molecule has 3 rings (SSSR count). The fourth-order valence-corrected chi connectivity index (χ4v) is 2.78. The highest BCUT2D eigenvalue weighted by molar-refractivity contribution is 5.76. The molecule has 0 unspecified atom stereocenters. The Kier molecular flexibility index (Phi) is 4.63. The Labute approximate surface area is 134 Å². The Bertz CT molecular complexity index is 637. The summed E-state index contributed by atoms with van der Waals surface area (Å²) in [5.41, 5.74) is 0. The number of carbonyl (C=O) groups is 1. The lowest BCUT2D eigenvalue weighted by Gasteiger charge is -2.30. The van der Waals surface area contributed by atoms with Gasteiger partial charge in [0.05, 0.1) is 5.92 Å². The van der Waals surface area contributed by atoms with E-state index in [2.05, 4.69) is 39.5 Å². The van der Waals surface area contributed by atoms with Crippen molar-refractivity contribution in [1.82, 2.24) is 35.2 Å². The molecule has 0 spiro atoms. The SMILES string of the molecule is CC(C)Cc1noc([C@@H]2CCCN(C(=O)Cn3cnnn3)C2)n1. The molecule has 1 amide bonds. The third-order valence-corrected chi connectivity index (χ3v) is 3.89. The first-order valence-corrected chi connectivity index (χ1v) is 7.93. The van der Waals surface area contributed by atoms with Crippen LogP contribution in [0.1, 0.15) is 44.3 Å². The molecular formula is C14H21N7O2. The lowest BCUT2D eigenvalue weighted by molar-refractivity contribution is -0.133. The van der Waals surface area contributed by atoms with Gasteiger partial charge in [-0.2, -0.15) is 4.98 Å². The van der Waals surface area contributed by atoms with Gasteiger partial charge in [-0.15, -0.1) is 5.10 Å². The molecular weight excluding hydrogens is 298 g/mol. The number of piperidine rings is 1. The number of hydrogen-bond acceptors (Lipinski definition) is 7. The van der Waals surface area contributed by atoms with Crippen molar-refractivity contribution in [2.24, 2.45) is 5.92 Å². The molecule has 1 atom stereocenters. The van der Waals surface area contributed by atoms with Gasteiger partial charge in [0.15, 0.2) is 5.82 Å². The molecule has 0 N–H and O–H groups in total. The minimum Gasteiger partial charge on any atom is -0.340 e. The Morgan fingerprint density at radius 1 is 1.48 bits per heavy atom. The van der Waals surface area contributed by atoms with Gasteiger partial charge >= 0.3 is 0 Å². The van der Waals surface area contributed by atoms with Crippen LogP contribution in [0.4, 0.5) is 0 Å². The van der Waals surface area contributed by atoms with Gasteiger partial charge in [0.2, 0.25) is 11.8 Å². The Balaban J connectivity index is 1.61. The standard InChI is InChI=1S/C14H21N7O2/c1-10(2)6-12-16-14(23-17-12)11-4-3-5-20(7-11)13(22)8-21-9-15-18-19-21/h9-11H,3-8H2,1-2H3/t11-/m1/s1. The maximum absolute atomic E-state index is 12.3. The van der Waals surface area contributed by atoms with Gasteiger partial charge < -0.3 is 9.42 Å². The third kappa shape index (κ3) is 3.91. The van der Waals surface area contributed by atoms with E-state index < -0.39 is 0 Å². The summed E-state index contributed by atoms with van der Waals surface area (Å²) in [4.78, 5) is 18.6. The number of carbonyl (C=O) groups excluding carboxylic acids is 1. The largest absolute Gasteiger partial charge is 0.340 e. The molecule has 1 aliphatic rings. The zero-order chi connectivity index (χ0) is 16.2. The summed E-state index contributed by atoms with van der Waals surface area (Å²) >= 11 is 0. The lowest BCUT2D eigenvalue weighted by atomic mass is 9.98. The highest BCUT2D eigenvalue weighted by Crippen LogP contribution is 2.26. The number of nitrogens with zero attached hydrogens (tertiary/aromatic N) is 7. The smallest absolute Gasteiger partial charge is 0.244 e. The van der Waals surface area contributed by atoms with Crippen molar-refractivity contribution >= 4 is 5.91 Å². The molecule has 0 radical (unpaired) electrons. The summed E-state index contributed by atoms with van der Waals surface area (Å²) in [6.07, 6.45) is 4.12. The van der Waals surface area contributed by atoms with E-state index >= 15 is 0 Å². The molecule has 9 nitrogen and oxygen atoms in total. The highest BCUT2D eigenvalue weighted by Gasteiger charge is 2.28. The maximum atomic E-state index is 12.3. The van der Waals surface area contributed by atoms with Crippen molar-refractivity contribution in [2.45, 2.75) is 45.6 Å². The number of hydrogen-bond donors (Lipinski definition) is 0. The molecule has 0 aliphatic carbocycles. The summed E-state index contributed by atoms with van der Waals surface area (Å²) in [5, 5.41) is 14.8. The Morgan fingerprint density at radius 3 is 3.09 bits per heavy atom. The second-order valence-electron chi connectivity index (χ2n) is 6.33. The van der Waals surface area contributed by atoms with E-state index in [0.717, 1.165) is 31.6 Å². The fraction of sp³-hybridized carbons (Fsp3) is 0.714. The van der Waals surface area contributed by atoms with Crippen LogP contribution in [-0.4, -0.2) is 54.2 Å². The second-order valence-corrected chi connectivity index (χ2v) is 6.33. The number of aromatic nitrogens is 6. The summed E-state index contributed by atoms with van der Waals surface area (Å²) in [5.74, 6) is 1.98. The van der Waals surface area contributed by atoms with E-state index in [-0.39, 0.29) is 18.4 Å². The maximum Gasteiger partial charge on any atom is 0.244 e. The Morgan fingerprint density at radius 2 is 2.35 bits per heavy atom. The van der Waals surface area contributed by atoms with Crippen LogP contribution < -0.4 is 0 Å². The average Bonchev–Trinajstić information content (AvgIpc) is 3.18. The van der Waals surface area contributed by atoms with E-state index in [1.165, 1.54) is 11.0 Å². The minimum absolute atomic E-state index is 0.00363. The zero-order valence-electron chi connectivity index (χ0n) is 13.4. The van der Waals surface area contributed by atoms with Crippen LogP contribution in [0.25, 0.3) is 0 Å². The fourth-order valence-electron chi connectivity index (χ4n) is 2.78. The van der Waals surface area contributed by atoms with Crippen molar-refractivity contribution in [3.63, 3.8) is 0 Å². The zero-order valence-corrected chi connectivity index (χ0v) is 13.4. The molecule has 1 aliphatic heterocycles. The van der Waals surface area contributed by atoms with Crippen LogP contribution in [0.15, 0.2) is 10.9 Å². The normalized spacial score (nSPS) is 18.6. The van der Waals surface area contributed by atoms with Crippen LogP contribution >= 0.6 is 0 Å². The van der Waals surface area contributed by atoms with Crippen LogP contribution in [0.5, 0.6) is 0 Å². The van der Waals surface area contributed by atoms with Crippen molar-refractivity contribution < 1.29 is 9.32 Å². The molecule has 124 valence electrons. The number of tetrazole rings is 1. The Hall–Kier alpha value is -2.32. The molecule has 0 saturated carbocycles. The van der Waals surface area contributed by atoms with E-state index in [0.29, 0.717) is 18.4 Å². The molecule has 9 heteroatoms. The number of likely N-dealkylation sites (tertiary alicyclic amines) is 1. The number of rotatable bonds is 5. The number of amides is 1. The molecule has 23 heavy (non-hydrogen) atoms. The van der Waals surface area contributed by atoms with E-state index in [9.17, 15) is 4.79 Å². The first kappa shape index (κ1) is 15.6.